The fourth-order valence-corrected chi connectivity index (χ4v) is 1.54. The number of quaternary nitrogens is 1. The van der Waals surface area contributed by atoms with Crippen LogP contribution in [0.5, 0.6) is 0 Å². The maximum atomic E-state index is 9.54. The third-order valence-electron chi connectivity index (χ3n) is 2.25. The molecule has 90 valence electrons. The molecule has 3 N–H and O–H groups in total. The highest BCUT2D eigenvalue weighted by molar-refractivity contribution is 6.31. The van der Waals surface area contributed by atoms with Crippen LogP contribution in [0.15, 0.2) is 24.3 Å². The summed E-state index contributed by atoms with van der Waals surface area (Å²) < 4.78 is 5.40. The lowest BCUT2D eigenvalue weighted by Crippen LogP contribution is -2.86. The third-order valence-corrected chi connectivity index (χ3v) is 2.62. The highest BCUT2D eigenvalue weighted by atomic mass is 35.5. The van der Waals surface area contributed by atoms with Crippen molar-refractivity contribution in [2.24, 2.45) is 0 Å². The van der Waals surface area contributed by atoms with E-state index in [1.807, 2.05) is 29.6 Å². The Hall–Kier alpha value is -0.610. The number of ether oxygens (including phenoxy) is 1. The molecule has 0 radical (unpaired) electrons. The van der Waals surface area contributed by atoms with Crippen molar-refractivity contribution >= 4 is 11.6 Å². The Morgan fingerprint density at radius 2 is 2.19 bits per heavy atom. The highest BCUT2D eigenvalue weighted by Crippen LogP contribution is 2.15. The van der Waals surface area contributed by atoms with E-state index in [0.29, 0.717) is 24.8 Å². The van der Waals surface area contributed by atoms with Crippen molar-refractivity contribution in [2.45, 2.75) is 19.6 Å². The number of halogens is 1. The second-order valence-electron chi connectivity index (χ2n) is 3.69. The van der Waals surface area contributed by atoms with Crippen LogP contribution in [0.3, 0.4) is 0 Å². The number of nitrogens with two attached hydrogens (primary N) is 1. The summed E-state index contributed by atoms with van der Waals surface area (Å²) in [5, 5.41) is 12.3. The summed E-state index contributed by atoms with van der Waals surface area (Å²) in [4.78, 5) is 0. The number of hydrogen-bond acceptors (Lipinski definition) is 2. The minimum Gasteiger partial charge on any atom is -0.385 e. The quantitative estimate of drug-likeness (QED) is 0.746. The SMILES string of the molecule is CC[NH2+]C[C@@H](O)COCc1ccccc1Cl. The van der Waals surface area contributed by atoms with Crippen molar-refractivity contribution in [1.82, 2.24) is 0 Å². The number of rotatable bonds is 7. The number of benzene rings is 1. The predicted octanol–water partition coefficient (Wildman–Crippen LogP) is 0.801. The van der Waals surface area contributed by atoms with Crippen LogP contribution < -0.4 is 5.32 Å². The lowest BCUT2D eigenvalue weighted by atomic mass is 10.2. The van der Waals surface area contributed by atoms with E-state index in [2.05, 4.69) is 6.92 Å². The zero-order chi connectivity index (χ0) is 11.8. The molecule has 0 fully saturated rings. The molecule has 1 rings (SSSR count). The van der Waals surface area contributed by atoms with Gasteiger partial charge in [-0.1, -0.05) is 29.8 Å². The van der Waals surface area contributed by atoms with Gasteiger partial charge in [-0.05, 0) is 18.6 Å². The van der Waals surface area contributed by atoms with Gasteiger partial charge in [0.05, 0.1) is 19.8 Å². The lowest BCUT2D eigenvalue weighted by molar-refractivity contribution is -0.658. The number of aliphatic hydroxyl groups is 1. The van der Waals surface area contributed by atoms with Crippen LogP contribution in [-0.4, -0.2) is 30.9 Å². The summed E-state index contributed by atoms with van der Waals surface area (Å²) in [5.74, 6) is 0. The Kier molecular flexibility index (Phi) is 6.42. The standard InChI is InChI=1S/C12H18ClNO2/c1-2-14-7-11(15)9-16-8-10-5-3-4-6-12(10)13/h3-6,11,14-15H,2,7-9H2,1H3/p+1/t11-/m1/s1. The summed E-state index contributed by atoms with van der Waals surface area (Å²) >= 11 is 5.97. The normalized spacial score (nSPS) is 12.7. The zero-order valence-corrected chi connectivity index (χ0v) is 10.3. The van der Waals surface area contributed by atoms with Gasteiger partial charge in [0.1, 0.15) is 12.6 Å². The summed E-state index contributed by atoms with van der Waals surface area (Å²) in [5.41, 5.74) is 0.954. The monoisotopic (exact) mass is 244 g/mol. The van der Waals surface area contributed by atoms with Crippen molar-refractivity contribution in [1.29, 1.82) is 0 Å². The van der Waals surface area contributed by atoms with Gasteiger partial charge in [0, 0.05) is 5.02 Å². The molecule has 3 nitrogen and oxygen atoms in total. The van der Waals surface area contributed by atoms with E-state index >= 15 is 0 Å². The van der Waals surface area contributed by atoms with Crippen molar-refractivity contribution in [3.63, 3.8) is 0 Å². The van der Waals surface area contributed by atoms with Crippen LogP contribution in [0, 0.1) is 0 Å². The van der Waals surface area contributed by atoms with E-state index < -0.39 is 6.10 Å². The molecule has 0 unspecified atom stereocenters. The van der Waals surface area contributed by atoms with Crippen molar-refractivity contribution in [3.05, 3.63) is 34.9 Å². The van der Waals surface area contributed by atoms with E-state index in [4.69, 9.17) is 16.3 Å². The van der Waals surface area contributed by atoms with E-state index in [1.165, 1.54) is 0 Å². The Morgan fingerprint density at radius 3 is 2.88 bits per heavy atom. The minimum absolute atomic E-state index is 0.349. The molecule has 1 aromatic carbocycles. The smallest absolute Gasteiger partial charge is 0.126 e. The lowest BCUT2D eigenvalue weighted by Gasteiger charge is -2.10. The Labute approximate surface area is 101 Å². The van der Waals surface area contributed by atoms with Crippen LogP contribution in [0.2, 0.25) is 5.02 Å². The van der Waals surface area contributed by atoms with Crippen molar-refractivity contribution < 1.29 is 15.2 Å². The second-order valence-corrected chi connectivity index (χ2v) is 4.10. The summed E-state index contributed by atoms with van der Waals surface area (Å²) in [6.45, 7) is 4.50. The van der Waals surface area contributed by atoms with Gasteiger partial charge in [-0.25, -0.2) is 0 Å². The van der Waals surface area contributed by atoms with Gasteiger partial charge in [0.15, 0.2) is 0 Å². The third kappa shape index (κ3) is 4.94. The van der Waals surface area contributed by atoms with Gasteiger partial charge in [-0.15, -0.1) is 0 Å². The minimum atomic E-state index is -0.414. The summed E-state index contributed by atoms with van der Waals surface area (Å²) in [6, 6.07) is 7.57. The van der Waals surface area contributed by atoms with Crippen LogP contribution in [0.1, 0.15) is 12.5 Å². The molecule has 0 aliphatic rings. The molecule has 0 aliphatic carbocycles. The first-order valence-corrected chi connectivity index (χ1v) is 5.92. The molecule has 0 heterocycles. The summed E-state index contributed by atoms with van der Waals surface area (Å²) in [7, 11) is 0. The molecule has 4 heteroatoms. The largest absolute Gasteiger partial charge is 0.385 e. The van der Waals surface area contributed by atoms with Crippen LogP contribution in [-0.2, 0) is 11.3 Å². The Bertz CT molecular complexity index is 307. The van der Waals surface area contributed by atoms with E-state index in [-0.39, 0.29) is 0 Å². The topological polar surface area (TPSA) is 46.1 Å². The second kappa shape index (κ2) is 7.63. The Balaban J connectivity index is 2.23. The molecule has 0 spiro atoms. The zero-order valence-electron chi connectivity index (χ0n) is 9.53. The number of hydrogen-bond donors (Lipinski definition) is 2. The Morgan fingerprint density at radius 1 is 1.44 bits per heavy atom. The van der Waals surface area contributed by atoms with Crippen LogP contribution >= 0.6 is 11.6 Å². The first-order chi connectivity index (χ1) is 7.74. The summed E-state index contributed by atoms with van der Waals surface area (Å²) in [6.07, 6.45) is -0.414. The van der Waals surface area contributed by atoms with E-state index in [9.17, 15) is 5.11 Å². The van der Waals surface area contributed by atoms with Gasteiger partial charge < -0.3 is 15.2 Å². The van der Waals surface area contributed by atoms with Gasteiger partial charge in [-0.3, -0.25) is 0 Å². The predicted molar refractivity (Wildman–Crippen MR) is 64.4 cm³/mol. The molecule has 16 heavy (non-hydrogen) atoms. The fraction of sp³-hybridized carbons (Fsp3) is 0.500. The first-order valence-electron chi connectivity index (χ1n) is 5.55. The molecule has 0 aliphatic heterocycles. The van der Waals surface area contributed by atoms with Gasteiger partial charge >= 0.3 is 0 Å². The maximum Gasteiger partial charge on any atom is 0.126 e. The fourth-order valence-electron chi connectivity index (χ4n) is 1.35. The number of likely N-dealkylation sites (N-methyl/N-ethyl adjacent to an activating group) is 1. The van der Waals surface area contributed by atoms with Gasteiger partial charge in [0.25, 0.3) is 0 Å². The van der Waals surface area contributed by atoms with Gasteiger partial charge in [0.2, 0.25) is 0 Å². The highest BCUT2D eigenvalue weighted by Gasteiger charge is 2.06. The van der Waals surface area contributed by atoms with Gasteiger partial charge in [-0.2, -0.15) is 0 Å². The maximum absolute atomic E-state index is 9.54. The average Bonchev–Trinajstić information content (AvgIpc) is 2.29. The molecule has 0 saturated carbocycles. The number of aliphatic hydroxyl groups excluding tert-OH is 1. The molecule has 1 atom stereocenters. The molecule has 0 amide bonds. The first kappa shape index (κ1) is 13.5. The average molecular weight is 245 g/mol. The molecule has 0 aromatic heterocycles. The van der Waals surface area contributed by atoms with Crippen molar-refractivity contribution in [2.75, 3.05) is 19.7 Å². The molecule has 1 aromatic rings. The van der Waals surface area contributed by atoms with E-state index in [1.54, 1.807) is 0 Å². The van der Waals surface area contributed by atoms with E-state index in [0.717, 1.165) is 12.1 Å². The van der Waals surface area contributed by atoms with Crippen molar-refractivity contribution in [3.8, 4) is 0 Å². The molecular weight excluding hydrogens is 226 g/mol. The molecular formula is C12H19ClNO2+. The van der Waals surface area contributed by atoms with Crippen LogP contribution in [0.4, 0.5) is 0 Å². The molecule has 0 saturated heterocycles. The molecule has 0 bridgehead atoms. The van der Waals surface area contributed by atoms with Crippen LogP contribution in [0.25, 0.3) is 0 Å².